The molecule has 1 heterocycles. The monoisotopic (exact) mass is 543 g/mol. The van der Waals surface area contributed by atoms with Gasteiger partial charge in [0.2, 0.25) is 0 Å². The van der Waals surface area contributed by atoms with Crippen molar-refractivity contribution < 1.29 is 29.3 Å². The zero-order valence-corrected chi connectivity index (χ0v) is 22.0. The number of nitrogens with one attached hydrogen (secondary N) is 2. The second kappa shape index (κ2) is 12.9. The predicted octanol–water partition coefficient (Wildman–Crippen LogP) is 4.70. The van der Waals surface area contributed by atoms with E-state index < -0.39 is 35.8 Å². The van der Waals surface area contributed by atoms with E-state index in [1.165, 1.54) is 10.8 Å². The number of rotatable bonds is 11. The summed E-state index contributed by atoms with van der Waals surface area (Å²) in [6.07, 6.45) is 1.03. The van der Waals surface area contributed by atoms with Gasteiger partial charge in [0, 0.05) is 22.3 Å². The number of carbonyl (C=O) groups is 2. The average molecular weight is 544 g/mol. The van der Waals surface area contributed by atoms with Crippen molar-refractivity contribution in [3.63, 3.8) is 0 Å². The zero-order chi connectivity index (χ0) is 27.8. The Kier molecular flexibility index (Phi) is 9.61. The number of carbonyl (C=O) groups excluding carboxylic acids is 1. The highest BCUT2D eigenvalue weighted by molar-refractivity contribution is 6.31. The minimum atomic E-state index is -1.14. The molecule has 1 unspecified atom stereocenters. The summed E-state index contributed by atoms with van der Waals surface area (Å²) < 4.78 is 12.4. The number of aromatic nitrogens is 1. The molecular formula is C27H30ClN3O7. The number of pyridine rings is 1. The van der Waals surface area contributed by atoms with E-state index in [2.05, 4.69) is 10.6 Å². The highest BCUT2D eigenvalue weighted by atomic mass is 35.5. The van der Waals surface area contributed by atoms with Crippen molar-refractivity contribution in [3.05, 3.63) is 80.7 Å². The Hall–Kier alpha value is -4.18. The van der Waals surface area contributed by atoms with Crippen molar-refractivity contribution in [3.8, 4) is 17.2 Å². The molecule has 0 aliphatic heterocycles. The van der Waals surface area contributed by atoms with Gasteiger partial charge in [-0.1, -0.05) is 29.8 Å². The molecule has 4 N–H and O–H groups in total. The van der Waals surface area contributed by atoms with E-state index in [1.807, 2.05) is 13.8 Å². The molecule has 3 rings (SSSR count). The summed E-state index contributed by atoms with van der Waals surface area (Å²) in [5, 5.41) is 25.3. The number of aliphatic carboxylic acids is 1. The number of hydrogen-bond acceptors (Lipinski definition) is 6. The van der Waals surface area contributed by atoms with Crippen molar-refractivity contribution in [2.24, 2.45) is 0 Å². The first-order valence-corrected chi connectivity index (χ1v) is 12.4. The Morgan fingerprint density at radius 1 is 1.11 bits per heavy atom. The van der Waals surface area contributed by atoms with E-state index in [9.17, 15) is 24.6 Å². The molecule has 2 amide bonds. The second-order valence-electron chi connectivity index (χ2n) is 8.37. The van der Waals surface area contributed by atoms with E-state index in [1.54, 1.807) is 49.4 Å². The molecule has 0 saturated heterocycles. The first-order valence-electron chi connectivity index (χ1n) is 12.0. The van der Waals surface area contributed by atoms with Gasteiger partial charge in [0.15, 0.2) is 5.69 Å². The van der Waals surface area contributed by atoms with Gasteiger partial charge in [0.1, 0.15) is 17.2 Å². The van der Waals surface area contributed by atoms with E-state index >= 15 is 0 Å². The van der Waals surface area contributed by atoms with Gasteiger partial charge in [0.05, 0.1) is 32.2 Å². The highest BCUT2D eigenvalue weighted by Crippen LogP contribution is 2.29. The lowest BCUT2D eigenvalue weighted by atomic mass is 10.0. The van der Waals surface area contributed by atoms with Crippen molar-refractivity contribution in [2.75, 3.05) is 18.5 Å². The minimum absolute atomic E-state index is 0.0249. The van der Waals surface area contributed by atoms with Crippen LogP contribution in [0.3, 0.4) is 0 Å². The van der Waals surface area contributed by atoms with Crippen LogP contribution in [0, 0.1) is 6.92 Å². The summed E-state index contributed by atoms with van der Waals surface area (Å²) in [6, 6.07) is 10.0. The van der Waals surface area contributed by atoms with Gasteiger partial charge in [-0.25, -0.2) is 4.79 Å². The van der Waals surface area contributed by atoms with Crippen LogP contribution in [-0.4, -0.2) is 40.0 Å². The third kappa shape index (κ3) is 6.98. The fourth-order valence-corrected chi connectivity index (χ4v) is 4.13. The van der Waals surface area contributed by atoms with Crippen molar-refractivity contribution in [2.45, 2.75) is 39.8 Å². The molecule has 11 heteroatoms. The van der Waals surface area contributed by atoms with E-state index in [0.29, 0.717) is 46.4 Å². The number of amides is 2. The van der Waals surface area contributed by atoms with Crippen LogP contribution < -0.4 is 25.7 Å². The predicted molar refractivity (Wildman–Crippen MR) is 144 cm³/mol. The number of aromatic hydroxyl groups is 1. The maximum Gasteiger partial charge on any atom is 0.319 e. The summed E-state index contributed by atoms with van der Waals surface area (Å²) in [6.45, 7) is 6.06. The van der Waals surface area contributed by atoms with Crippen molar-refractivity contribution in [1.29, 1.82) is 0 Å². The molecule has 0 fully saturated rings. The number of halogens is 1. The van der Waals surface area contributed by atoms with Crippen LogP contribution in [0.2, 0.25) is 5.02 Å². The number of benzene rings is 2. The molecule has 3 aromatic rings. The number of urea groups is 1. The van der Waals surface area contributed by atoms with Crippen LogP contribution in [0.5, 0.6) is 17.2 Å². The third-order valence-electron chi connectivity index (χ3n) is 5.63. The molecule has 0 bridgehead atoms. The highest BCUT2D eigenvalue weighted by Gasteiger charge is 2.22. The first-order chi connectivity index (χ1) is 18.1. The normalized spacial score (nSPS) is 11.5. The molecule has 0 radical (unpaired) electrons. The minimum Gasteiger partial charge on any atom is -0.505 e. The molecule has 202 valence electrons. The van der Waals surface area contributed by atoms with Crippen LogP contribution in [0.15, 0.2) is 53.5 Å². The van der Waals surface area contributed by atoms with Gasteiger partial charge in [-0.15, -0.1) is 0 Å². The Labute approximate surface area is 224 Å². The number of ether oxygens (including phenoxy) is 2. The Morgan fingerprint density at radius 3 is 2.50 bits per heavy atom. The van der Waals surface area contributed by atoms with Gasteiger partial charge in [-0.05, 0) is 50.6 Å². The fraction of sp³-hybridized carbons (Fsp3) is 0.296. The lowest BCUT2D eigenvalue weighted by Gasteiger charge is -2.20. The summed E-state index contributed by atoms with van der Waals surface area (Å²) in [5.74, 6) is -0.509. The summed E-state index contributed by atoms with van der Waals surface area (Å²) >= 11 is 6.37. The lowest BCUT2D eigenvalue weighted by Crippen LogP contribution is -2.36. The van der Waals surface area contributed by atoms with E-state index in [-0.39, 0.29) is 12.2 Å². The van der Waals surface area contributed by atoms with Gasteiger partial charge in [-0.3, -0.25) is 9.59 Å². The summed E-state index contributed by atoms with van der Waals surface area (Å²) in [7, 11) is 0. The maximum absolute atomic E-state index is 13.3. The molecule has 1 atom stereocenters. The Bertz CT molecular complexity index is 1370. The topological polar surface area (TPSA) is 139 Å². The van der Waals surface area contributed by atoms with Crippen LogP contribution in [0.25, 0.3) is 0 Å². The van der Waals surface area contributed by atoms with Gasteiger partial charge >= 0.3 is 12.0 Å². The largest absolute Gasteiger partial charge is 0.505 e. The van der Waals surface area contributed by atoms with Crippen LogP contribution >= 0.6 is 11.6 Å². The van der Waals surface area contributed by atoms with Crippen LogP contribution in [0.4, 0.5) is 10.5 Å². The molecule has 0 spiro atoms. The fourth-order valence-electron chi connectivity index (χ4n) is 3.90. The van der Waals surface area contributed by atoms with Crippen molar-refractivity contribution in [1.82, 2.24) is 9.88 Å². The van der Waals surface area contributed by atoms with Crippen LogP contribution in [-0.2, 0) is 11.3 Å². The van der Waals surface area contributed by atoms with Crippen LogP contribution in [0.1, 0.15) is 43.0 Å². The molecule has 1 aromatic heterocycles. The quantitative estimate of drug-likeness (QED) is 0.275. The van der Waals surface area contributed by atoms with E-state index in [4.69, 9.17) is 21.1 Å². The number of hydrogen-bond donors (Lipinski definition) is 4. The zero-order valence-electron chi connectivity index (χ0n) is 21.3. The maximum atomic E-state index is 13.3. The molecule has 0 saturated carbocycles. The third-order valence-corrected chi connectivity index (χ3v) is 5.99. The molecular weight excluding hydrogens is 514 g/mol. The Balaban J connectivity index is 1.90. The number of carboxylic acids is 1. The second-order valence-corrected chi connectivity index (χ2v) is 8.78. The molecule has 2 aromatic carbocycles. The number of carboxylic acid groups (broad SMARTS) is 1. The standard InChI is InChI=1S/C27H30ClN3O7/c1-4-37-18-9-6-8-17(12-18)21(13-23(32)33)29-27(36)30-24-25(34)16(3)14-31(26(24)35)15-19-20(28)10-7-11-22(19)38-5-2/h6-12,14,21,34H,4-5,13,15H2,1-3H3,(H,32,33)(H2,29,30,36). The van der Waals surface area contributed by atoms with E-state index in [0.717, 1.165) is 0 Å². The summed E-state index contributed by atoms with van der Waals surface area (Å²) in [4.78, 5) is 37.7. The lowest BCUT2D eigenvalue weighted by molar-refractivity contribution is -0.137. The molecule has 0 aliphatic carbocycles. The SMILES string of the molecule is CCOc1cccc(C(CC(=O)O)NC(=O)Nc2c(O)c(C)cn(Cc3c(Cl)cccc3OCC)c2=O)c1. The average Bonchev–Trinajstić information content (AvgIpc) is 2.87. The number of nitrogens with zero attached hydrogens (tertiary/aromatic N) is 1. The smallest absolute Gasteiger partial charge is 0.319 e. The summed E-state index contributed by atoms with van der Waals surface area (Å²) in [5.41, 5.74) is 0.357. The molecule has 38 heavy (non-hydrogen) atoms. The van der Waals surface area contributed by atoms with Gasteiger partial charge in [0.25, 0.3) is 5.56 Å². The van der Waals surface area contributed by atoms with Gasteiger partial charge in [-0.2, -0.15) is 0 Å². The Morgan fingerprint density at radius 2 is 1.82 bits per heavy atom. The molecule has 0 aliphatic rings. The molecule has 10 nitrogen and oxygen atoms in total. The van der Waals surface area contributed by atoms with Gasteiger partial charge < -0.3 is 34.9 Å². The number of anilines is 1. The number of aryl methyl sites for hydroxylation is 1. The van der Waals surface area contributed by atoms with Crippen molar-refractivity contribution >= 4 is 29.3 Å². The first kappa shape index (κ1) is 28.4.